The van der Waals surface area contributed by atoms with Crippen molar-refractivity contribution in [2.24, 2.45) is 0 Å². The Bertz CT molecular complexity index is 969. The van der Waals surface area contributed by atoms with Crippen molar-refractivity contribution in [1.29, 1.82) is 0 Å². The Morgan fingerprint density at radius 2 is 1.73 bits per heavy atom. The molecular weight excluding hydrogens is 424 g/mol. The number of halogens is 1. The molecule has 2 aromatic rings. The molecule has 0 bridgehead atoms. The lowest BCUT2D eigenvalue weighted by Gasteiger charge is -2.20. The Labute approximate surface area is 183 Å². The average molecular weight is 451 g/mol. The van der Waals surface area contributed by atoms with Crippen LogP contribution in [-0.4, -0.2) is 38.8 Å². The van der Waals surface area contributed by atoms with Crippen LogP contribution in [0.5, 0.6) is 5.75 Å². The van der Waals surface area contributed by atoms with Gasteiger partial charge in [-0.05, 0) is 55.2 Å². The fraction of sp³-hybridized carbons (Fsp3) is 0.409. The Morgan fingerprint density at radius 1 is 1.07 bits per heavy atom. The van der Waals surface area contributed by atoms with Crippen molar-refractivity contribution in [2.75, 3.05) is 25.5 Å². The predicted octanol–water partition coefficient (Wildman–Crippen LogP) is 4.48. The van der Waals surface area contributed by atoms with Crippen LogP contribution in [0.2, 0.25) is 5.02 Å². The average Bonchev–Trinajstić information content (AvgIpc) is 3.03. The van der Waals surface area contributed by atoms with Gasteiger partial charge < -0.3 is 10.1 Å². The van der Waals surface area contributed by atoms with Gasteiger partial charge in [0.2, 0.25) is 15.9 Å². The molecule has 162 valence electrons. The third-order valence-corrected chi connectivity index (χ3v) is 7.41. The second-order valence-electron chi connectivity index (χ2n) is 7.36. The molecule has 6 nitrogen and oxygen atoms in total. The maximum atomic E-state index is 12.8. The number of carbonyl (C=O) groups excluding carboxylic acids is 1. The minimum Gasteiger partial charge on any atom is -0.495 e. The minimum atomic E-state index is -3.45. The van der Waals surface area contributed by atoms with Gasteiger partial charge in [0.25, 0.3) is 0 Å². The summed E-state index contributed by atoms with van der Waals surface area (Å²) < 4.78 is 32.4. The normalized spacial score (nSPS) is 15.4. The largest absolute Gasteiger partial charge is 0.495 e. The monoisotopic (exact) mass is 450 g/mol. The van der Waals surface area contributed by atoms with Crippen LogP contribution in [0.3, 0.4) is 0 Å². The molecule has 0 saturated carbocycles. The summed E-state index contributed by atoms with van der Waals surface area (Å²) in [5.41, 5.74) is 1.51. The lowest BCUT2D eigenvalue weighted by Crippen LogP contribution is -2.31. The van der Waals surface area contributed by atoms with Gasteiger partial charge in [0.15, 0.2) is 0 Å². The van der Waals surface area contributed by atoms with Gasteiger partial charge in [0, 0.05) is 25.2 Å². The maximum absolute atomic E-state index is 12.8. The van der Waals surface area contributed by atoms with E-state index < -0.39 is 10.0 Å². The Morgan fingerprint density at radius 3 is 2.33 bits per heavy atom. The number of hydrogen-bond acceptors (Lipinski definition) is 4. The van der Waals surface area contributed by atoms with E-state index in [9.17, 15) is 13.2 Å². The molecule has 1 N–H and O–H groups in total. The molecule has 1 heterocycles. The summed E-state index contributed by atoms with van der Waals surface area (Å²) in [5.74, 6) is 0.405. The number of aryl methyl sites for hydroxylation is 1. The molecule has 0 aromatic heterocycles. The van der Waals surface area contributed by atoms with Crippen LogP contribution in [0.25, 0.3) is 0 Å². The maximum Gasteiger partial charge on any atom is 0.243 e. The first-order chi connectivity index (χ1) is 14.4. The molecule has 0 unspecified atom stereocenters. The molecule has 1 fully saturated rings. The van der Waals surface area contributed by atoms with Gasteiger partial charge in [-0.3, -0.25) is 4.79 Å². The topological polar surface area (TPSA) is 75.7 Å². The highest BCUT2D eigenvalue weighted by molar-refractivity contribution is 7.89. The summed E-state index contributed by atoms with van der Waals surface area (Å²) in [6.45, 7) is 1.17. The molecule has 0 aliphatic carbocycles. The van der Waals surface area contributed by atoms with Crippen LogP contribution in [0.1, 0.15) is 37.7 Å². The van der Waals surface area contributed by atoms with Crippen molar-refractivity contribution >= 4 is 33.2 Å². The molecule has 8 heteroatoms. The number of ether oxygens (including phenoxy) is 1. The molecule has 1 saturated heterocycles. The summed E-state index contributed by atoms with van der Waals surface area (Å²) in [7, 11) is -1.92. The van der Waals surface area contributed by atoms with Gasteiger partial charge in [-0.15, -0.1) is 0 Å². The molecule has 2 aromatic carbocycles. The van der Waals surface area contributed by atoms with E-state index in [4.69, 9.17) is 16.3 Å². The van der Waals surface area contributed by atoms with Crippen LogP contribution in [0.4, 0.5) is 5.69 Å². The SMILES string of the molecule is COc1ccc(NC(=O)CCc2ccc(S(=O)(=O)N3CCCCCC3)cc2)cc1Cl. The second-order valence-corrected chi connectivity index (χ2v) is 9.70. The fourth-order valence-corrected chi connectivity index (χ4v) is 5.26. The Hall–Kier alpha value is -2.09. The molecule has 3 rings (SSSR count). The summed E-state index contributed by atoms with van der Waals surface area (Å²) in [6, 6.07) is 11.9. The predicted molar refractivity (Wildman–Crippen MR) is 119 cm³/mol. The molecule has 0 spiro atoms. The third-order valence-electron chi connectivity index (χ3n) is 5.20. The first-order valence-electron chi connectivity index (χ1n) is 10.1. The zero-order valence-electron chi connectivity index (χ0n) is 17.1. The minimum absolute atomic E-state index is 0.141. The molecular formula is C22H27ClN2O4S. The van der Waals surface area contributed by atoms with Gasteiger partial charge in [-0.1, -0.05) is 36.6 Å². The van der Waals surface area contributed by atoms with Crippen LogP contribution in [0.15, 0.2) is 47.4 Å². The van der Waals surface area contributed by atoms with Gasteiger partial charge >= 0.3 is 0 Å². The first-order valence-corrected chi connectivity index (χ1v) is 11.9. The summed E-state index contributed by atoms with van der Waals surface area (Å²) >= 11 is 6.07. The molecule has 0 radical (unpaired) electrons. The van der Waals surface area contributed by atoms with E-state index in [2.05, 4.69) is 5.32 Å². The Balaban J connectivity index is 1.56. The van der Waals surface area contributed by atoms with E-state index >= 15 is 0 Å². The van der Waals surface area contributed by atoms with E-state index in [0.29, 0.717) is 40.9 Å². The Kier molecular flexibility index (Phi) is 7.75. The number of amides is 1. The number of nitrogens with zero attached hydrogens (tertiary/aromatic N) is 1. The second kappa shape index (κ2) is 10.3. The number of nitrogens with one attached hydrogen (secondary N) is 1. The quantitative estimate of drug-likeness (QED) is 0.674. The highest BCUT2D eigenvalue weighted by Gasteiger charge is 2.24. The number of methoxy groups -OCH3 is 1. The molecule has 1 aliphatic heterocycles. The van der Waals surface area contributed by atoms with E-state index in [0.717, 1.165) is 31.2 Å². The van der Waals surface area contributed by atoms with Crippen molar-refractivity contribution in [2.45, 2.75) is 43.4 Å². The standard InChI is InChI=1S/C22H27ClN2O4S/c1-29-21-12-9-18(16-20(21)23)24-22(26)13-8-17-6-10-19(11-7-17)30(27,28)25-14-4-2-3-5-15-25/h6-7,9-12,16H,2-5,8,13-15H2,1H3,(H,24,26). The molecule has 1 aliphatic rings. The van der Waals surface area contributed by atoms with E-state index in [1.165, 1.54) is 7.11 Å². The molecule has 30 heavy (non-hydrogen) atoms. The van der Waals surface area contributed by atoms with Crippen molar-refractivity contribution in [3.8, 4) is 5.75 Å². The molecule has 1 amide bonds. The lowest BCUT2D eigenvalue weighted by atomic mass is 10.1. The van der Waals surface area contributed by atoms with Gasteiger partial charge in [0.1, 0.15) is 5.75 Å². The number of hydrogen-bond donors (Lipinski definition) is 1. The highest BCUT2D eigenvalue weighted by Crippen LogP contribution is 2.27. The summed E-state index contributed by atoms with van der Waals surface area (Å²) in [6.07, 6.45) is 4.77. The van der Waals surface area contributed by atoms with Crippen molar-refractivity contribution < 1.29 is 17.9 Å². The lowest BCUT2D eigenvalue weighted by molar-refractivity contribution is -0.116. The van der Waals surface area contributed by atoms with Crippen LogP contribution in [-0.2, 0) is 21.2 Å². The number of benzene rings is 2. The van der Waals surface area contributed by atoms with Crippen LogP contribution >= 0.6 is 11.6 Å². The fourth-order valence-electron chi connectivity index (χ4n) is 3.48. The van der Waals surface area contributed by atoms with Crippen molar-refractivity contribution in [3.05, 3.63) is 53.1 Å². The smallest absolute Gasteiger partial charge is 0.243 e. The highest BCUT2D eigenvalue weighted by atomic mass is 35.5. The molecule has 0 atom stereocenters. The number of carbonyl (C=O) groups is 1. The van der Waals surface area contributed by atoms with Crippen molar-refractivity contribution in [3.63, 3.8) is 0 Å². The van der Waals surface area contributed by atoms with Gasteiger partial charge in [-0.25, -0.2) is 8.42 Å². The van der Waals surface area contributed by atoms with Gasteiger partial charge in [0.05, 0.1) is 17.0 Å². The number of rotatable bonds is 7. The van der Waals surface area contributed by atoms with Crippen LogP contribution in [0, 0.1) is 0 Å². The van der Waals surface area contributed by atoms with Gasteiger partial charge in [-0.2, -0.15) is 4.31 Å². The van der Waals surface area contributed by atoms with Crippen molar-refractivity contribution in [1.82, 2.24) is 4.31 Å². The van der Waals surface area contributed by atoms with E-state index in [1.807, 2.05) is 0 Å². The number of sulfonamides is 1. The van der Waals surface area contributed by atoms with Crippen LogP contribution < -0.4 is 10.1 Å². The first kappa shape index (κ1) is 22.6. The third kappa shape index (κ3) is 5.74. The van der Waals surface area contributed by atoms with E-state index in [-0.39, 0.29) is 12.3 Å². The summed E-state index contributed by atoms with van der Waals surface area (Å²) in [4.78, 5) is 12.5. The zero-order chi connectivity index (χ0) is 21.6. The number of anilines is 1. The summed E-state index contributed by atoms with van der Waals surface area (Å²) in [5, 5.41) is 3.23. The van der Waals surface area contributed by atoms with E-state index in [1.54, 1.807) is 46.8 Å². The zero-order valence-corrected chi connectivity index (χ0v) is 18.6.